The molecule has 142 valence electrons. The van der Waals surface area contributed by atoms with Gasteiger partial charge in [0.2, 0.25) is 0 Å². The maximum absolute atomic E-state index is 11.8. The van der Waals surface area contributed by atoms with Crippen molar-refractivity contribution in [2.75, 3.05) is 0 Å². The topological polar surface area (TPSA) is 134 Å². The van der Waals surface area contributed by atoms with Gasteiger partial charge in [-0.1, -0.05) is 29.7 Å². The molecule has 12 heteroatoms. The van der Waals surface area contributed by atoms with E-state index in [2.05, 4.69) is 15.0 Å². The minimum Gasteiger partial charge on any atom is -0.808 e. The zero-order valence-electron chi connectivity index (χ0n) is 16.5. The van der Waals surface area contributed by atoms with Crippen molar-refractivity contribution in [1.29, 1.82) is 0 Å². The van der Waals surface area contributed by atoms with Crippen molar-refractivity contribution < 1.29 is 78.2 Å². The Balaban J connectivity index is 0.00000210. The first-order valence-corrected chi connectivity index (χ1v) is 10.4. The number of aromatic amines is 2. The average molecular weight is 451 g/mol. The van der Waals surface area contributed by atoms with Gasteiger partial charge in [-0.2, -0.15) is 0 Å². The van der Waals surface area contributed by atoms with Crippen LogP contribution < -0.4 is 79.2 Å². The number of benzene rings is 1. The molecule has 0 fully saturated rings. The smallest absolute Gasteiger partial charge is 0.808 e. The molecule has 0 saturated carbocycles. The van der Waals surface area contributed by atoms with Crippen molar-refractivity contribution in [3.05, 3.63) is 52.5 Å². The first-order valence-electron chi connectivity index (χ1n) is 7.97. The first kappa shape index (κ1) is 26.7. The van der Waals surface area contributed by atoms with E-state index in [1.165, 1.54) is 24.2 Å². The van der Waals surface area contributed by atoms with Gasteiger partial charge in [-0.25, -0.2) is 4.98 Å². The van der Waals surface area contributed by atoms with Gasteiger partial charge in [0.15, 0.2) is 0 Å². The summed E-state index contributed by atoms with van der Waals surface area (Å²) >= 11 is 1.28. The third-order valence-electron chi connectivity index (χ3n) is 3.45. The summed E-state index contributed by atoms with van der Waals surface area (Å²) in [5.41, 5.74) is 1.08. The maximum atomic E-state index is 11.8. The molecule has 0 bridgehead atoms. The summed E-state index contributed by atoms with van der Waals surface area (Å²) in [6.07, 6.45) is 4.16. The second-order valence-corrected chi connectivity index (χ2v) is 8.39. The van der Waals surface area contributed by atoms with Gasteiger partial charge in [0, 0.05) is 11.1 Å². The molecule has 0 radical (unpaired) electrons. The van der Waals surface area contributed by atoms with Crippen LogP contribution in [0.25, 0.3) is 17.1 Å². The summed E-state index contributed by atoms with van der Waals surface area (Å²) in [7, 11) is -4.79. The van der Waals surface area contributed by atoms with Crippen LogP contribution in [-0.4, -0.2) is 21.1 Å². The average Bonchev–Trinajstić information content (AvgIpc) is 2.97. The van der Waals surface area contributed by atoms with Gasteiger partial charge in [0.1, 0.15) is 16.8 Å². The fourth-order valence-corrected chi connectivity index (χ4v) is 3.76. The van der Waals surface area contributed by atoms with Crippen LogP contribution in [0.4, 0.5) is 0 Å². The Bertz CT molecular complexity index is 1110. The molecule has 1 aromatic carbocycles. The van der Waals surface area contributed by atoms with Crippen molar-refractivity contribution in [3.63, 3.8) is 0 Å². The zero-order chi connectivity index (χ0) is 19.6. The van der Waals surface area contributed by atoms with Crippen LogP contribution in [0, 0.1) is 0 Å². The SMILES string of the molecule is CC(C)Oc1ccc(/C=C/P(=O)([O-])[O-])c(Sc2c[nH]c3c(=O)[nH]cnc23)c1.[Na+].[Na+]. The quantitative estimate of drug-likeness (QED) is 0.289. The van der Waals surface area contributed by atoms with Crippen molar-refractivity contribution in [2.24, 2.45) is 0 Å². The fourth-order valence-electron chi connectivity index (χ4n) is 2.38. The van der Waals surface area contributed by atoms with E-state index in [0.717, 1.165) is 0 Å². The van der Waals surface area contributed by atoms with Gasteiger partial charge in [-0.15, -0.1) is 0 Å². The summed E-state index contributed by atoms with van der Waals surface area (Å²) in [5, 5.41) is 0. The second-order valence-electron chi connectivity index (χ2n) is 5.93. The van der Waals surface area contributed by atoms with Gasteiger partial charge < -0.3 is 29.1 Å². The van der Waals surface area contributed by atoms with Crippen molar-refractivity contribution in [2.45, 2.75) is 29.7 Å². The van der Waals surface area contributed by atoms with Crippen LogP contribution in [0.3, 0.4) is 0 Å². The molecule has 0 atom stereocenters. The Hall–Kier alpha value is -0.320. The molecule has 0 amide bonds. The Morgan fingerprint density at radius 1 is 1.21 bits per heavy atom. The van der Waals surface area contributed by atoms with Crippen LogP contribution in [0.5, 0.6) is 5.75 Å². The van der Waals surface area contributed by atoms with Gasteiger partial charge in [0.25, 0.3) is 5.56 Å². The summed E-state index contributed by atoms with van der Waals surface area (Å²) in [6.45, 7) is 3.78. The van der Waals surface area contributed by atoms with E-state index in [1.54, 1.807) is 24.4 Å². The molecule has 2 aromatic heterocycles. The summed E-state index contributed by atoms with van der Waals surface area (Å²) in [6, 6.07) is 5.11. The third kappa shape index (κ3) is 7.40. The van der Waals surface area contributed by atoms with E-state index in [1.807, 2.05) is 13.8 Å². The first-order chi connectivity index (χ1) is 12.7. The molecule has 0 unspecified atom stereocenters. The van der Waals surface area contributed by atoms with Crippen molar-refractivity contribution in [1.82, 2.24) is 15.0 Å². The molecule has 2 heterocycles. The zero-order valence-corrected chi connectivity index (χ0v) is 22.2. The Morgan fingerprint density at radius 2 is 1.93 bits per heavy atom. The van der Waals surface area contributed by atoms with E-state index in [0.29, 0.717) is 38.0 Å². The minimum absolute atomic E-state index is 0. The van der Waals surface area contributed by atoms with E-state index in [-0.39, 0.29) is 70.8 Å². The van der Waals surface area contributed by atoms with Gasteiger partial charge in [-0.3, -0.25) is 4.79 Å². The summed E-state index contributed by atoms with van der Waals surface area (Å²) in [4.78, 5) is 44.6. The Labute approximate surface area is 215 Å². The van der Waals surface area contributed by atoms with E-state index >= 15 is 0 Å². The summed E-state index contributed by atoms with van der Waals surface area (Å²) < 4.78 is 16.6. The number of nitrogens with zero attached hydrogens (tertiary/aromatic N) is 1. The van der Waals surface area contributed by atoms with Crippen molar-refractivity contribution in [3.8, 4) is 5.75 Å². The minimum atomic E-state index is -4.79. The number of fused-ring (bicyclic) bond motifs is 1. The normalized spacial score (nSPS) is 11.5. The number of hydrogen-bond donors (Lipinski definition) is 2. The second kappa shape index (κ2) is 11.3. The van der Waals surface area contributed by atoms with Crippen LogP contribution >= 0.6 is 19.4 Å². The molecule has 2 N–H and O–H groups in total. The van der Waals surface area contributed by atoms with Crippen LogP contribution in [0.1, 0.15) is 19.4 Å². The van der Waals surface area contributed by atoms with Crippen LogP contribution in [0.15, 0.2) is 51.1 Å². The molecule has 0 aliphatic rings. The molecule has 0 aliphatic carbocycles. The predicted octanol–water partition coefficient (Wildman–Crippen LogP) is -3.92. The third-order valence-corrected chi connectivity index (χ3v) is 5.07. The van der Waals surface area contributed by atoms with Crippen molar-refractivity contribution >= 4 is 36.5 Å². The molecule has 0 aliphatic heterocycles. The molecule has 29 heavy (non-hydrogen) atoms. The Kier molecular flexibility index (Phi) is 10.4. The van der Waals surface area contributed by atoms with Gasteiger partial charge in [0.05, 0.1) is 17.3 Å². The molecule has 3 rings (SSSR count). The number of rotatable bonds is 6. The molecular formula is C17H16N3Na2O5PS. The standard InChI is InChI=1S/C17H18N3O5PS.2Na/c1-10(2)25-12-4-3-11(5-6-26(22,23)24)13(7-12)27-14-8-18-16-15(14)19-9-20-17(16)21;;/h3-10,18H,1-2H3,(H,19,20,21)(H2,22,23,24);;/q;2*+1/p-2/b6-5+;;. The maximum Gasteiger partial charge on any atom is 1.00 e. The van der Waals surface area contributed by atoms with E-state index < -0.39 is 7.60 Å². The van der Waals surface area contributed by atoms with E-state index in [9.17, 15) is 19.1 Å². The van der Waals surface area contributed by atoms with Gasteiger partial charge in [-0.05, 0) is 39.1 Å². The fraction of sp³-hybridized carbons (Fsp3) is 0.176. The molecule has 8 nitrogen and oxygen atoms in total. The molecule has 0 saturated heterocycles. The molecule has 3 aromatic rings. The molecular weight excluding hydrogens is 435 g/mol. The van der Waals surface area contributed by atoms with Crippen LogP contribution in [-0.2, 0) is 4.57 Å². The molecule has 0 spiro atoms. The number of hydrogen-bond acceptors (Lipinski definition) is 7. The van der Waals surface area contributed by atoms with E-state index in [4.69, 9.17) is 4.74 Å². The number of ether oxygens (including phenoxy) is 1. The Morgan fingerprint density at radius 3 is 2.59 bits per heavy atom. The number of aromatic nitrogens is 3. The van der Waals surface area contributed by atoms with Gasteiger partial charge >= 0.3 is 59.1 Å². The van der Waals surface area contributed by atoms with Crippen LogP contribution in [0.2, 0.25) is 0 Å². The largest absolute Gasteiger partial charge is 1.00 e. The predicted molar refractivity (Wildman–Crippen MR) is 99.7 cm³/mol. The summed E-state index contributed by atoms with van der Waals surface area (Å²) in [5.74, 6) is 1.23. The monoisotopic (exact) mass is 451 g/mol. The number of H-pyrrole nitrogens is 2. The number of nitrogens with one attached hydrogen (secondary N) is 2.